The lowest BCUT2D eigenvalue weighted by Gasteiger charge is -2.27. The molecular formula is C28H26ClFN6O3. The second-order valence-electron chi connectivity index (χ2n) is 8.97. The van der Waals surface area contributed by atoms with Gasteiger partial charge in [-0.15, -0.1) is 0 Å². The molecule has 2 N–H and O–H groups in total. The van der Waals surface area contributed by atoms with Crippen LogP contribution in [0.25, 0.3) is 27.8 Å². The molecule has 200 valence electrons. The van der Waals surface area contributed by atoms with Crippen LogP contribution in [0.5, 0.6) is 5.75 Å². The normalized spacial score (nSPS) is 12.8. The molecule has 0 aliphatic heterocycles. The van der Waals surface area contributed by atoms with E-state index in [1.54, 1.807) is 48.9 Å². The van der Waals surface area contributed by atoms with Crippen LogP contribution in [-0.2, 0) is 0 Å². The molecule has 0 saturated heterocycles. The molecule has 0 fully saturated rings. The average Bonchev–Trinajstić information content (AvgIpc) is 3.37. The molecule has 2 aromatic carbocycles. The number of benzene rings is 2. The summed E-state index contributed by atoms with van der Waals surface area (Å²) in [5, 5.41) is 14.7. The third-order valence-corrected chi connectivity index (χ3v) is 6.67. The van der Waals surface area contributed by atoms with Gasteiger partial charge in [0.25, 0.3) is 5.56 Å². The number of hydrogen-bond donors (Lipinski definition) is 2. The highest BCUT2D eigenvalue weighted by Crippen LogP contribution is 2.36. The van der Waals surface area contributed by atoms with Crippen LogP contribution in [0.4, 0.5) is 10.1 Å². The number of aliphatic hydroxyl groups excluding tert-OH is 1. The van der Waals surface area contributed by atoms with Crippen molar-refractivity contribution in [3.05, 3.63) is 94.9 Å². The molecule has 3 heterocycles. The zero-order valence-electron chi connectivity index (χ0n) is 21.3. The number of pyridine rings is 1. The number of hydrogen-bond acceptors (Lipinski definition) is 7. The van der Waals surface area contributed by atoms with Gasteiger partial charge in [0.1, 0.15) is 18.3 Å². The first-order valence-corrected chi connectivity index (χ1v) is 12.7. The SMILES string of the molecule is CCCC(C(O)Nc1ccc2nccnc2c1)n1cc(OC)c(-c2cc(Cl)ccc2-n2cnc(F)c2)cc1=O. The summed E-state index contributed by atoms with van der Waals surface area (Å²) in [5.41, 5.74) is 3.30. The van der Waals surface area contributed by atoms with Crippen molar-refractivity contribution >= 4 is 28.3 Å². The van der Waals surface area contributed by atoms with Gasteiger partial charge in [0, 0.05) is 40.3 Å². The van der Waals surface area contributed by atoms with Crippen LogP contribution in [0.2, 0.25) is 5.02 Å². The van der Waals surface area contributed by atoms with E-state index in [9.17, 15) is 14.3 Å². The quantitative estimate of drug-likeness (QED) is 0.243. The Morgan fingerprint density at radius 1 is 1.05 bits per heavy atom. The fourth-order valence-corrected chi connectivity index (χ4v) is 4.78. The Bertz CT molecular complexity index is 1690. The van der Waals surface area contributed by atoms with Crippen LogP contribution >= 0.6 is 11.6 Å². The lowest BCUT2D eigenvalue weighted by molar-refractivity contribution is 0.129. The number of aliphatic hydroxyl groups is 1. The van der Waals surface area contributed by atoms with Crippen LogP contribution in [0.15, 0.2) is 78.4 Å². The molecule has 5 rings (SSSR count). The average molecular weight is 549 g/mol. The number of methoxy groups -OCH3 is 1. The van der Waals surface area contributed by atoms with Crippen LogP contribution in [-0.4, -0.2) is 42.5 Å². The lowest BCUT2D eigenvalue weighted by atomic mass is 10.0. The molecule has 0 spiro atoms. The van der Waals surface area contributed by atoms with Gasteiger partial charge in [-0.3, -0.25) is 14.8 Å². The molecule has 2 unspecified atom stereocenters. The highest BCUT2D eigenvalue weighted by atomic mass is 35.5. The summed E-state index contributed by atoms with van der Waals surface area (Å²) in [6.45, 7) is 1.98. The fourth-order valence-electron chi connectivity index (χ4n) is 4.61. The van der Waals surface area contributed by atoms with Crippen molar-refractivity contribution in [2.75, 3.05) is 12.4 Å². The van der Waals surface area contributed by atoms with Gasteiger partial charge in [-0.1, -0.05) is 24.9 Å². The topological polar surface area (TPSA) is 107 Å². The van der Waals surface area contributed by atoms with Crippen LogP contribution in [0.3, 0.4) is 0 Å². The van der Waals surface area contributed by atoms with Crippen molar-refractivity contribution in [2.24, 2.45) is 0 Å². The minimum Gasteiger partial charge on any atom is -0.495 e. The highest BCUT2D eigenvalue weighted by Gasteiger charge is 2.24. The summed E-state index contributed by atoms with van der Waals surface area (Å²) in [4.78, 5) is 25.7. The van der Waals surface area contributed by atoms with Crippen molar-refractivity contribution < 1.29 is 14.2 Å². The van der Waals surface area contributed by atoms with Crippen molar-refractivity contribution in [2.45, 2.75) is 32.0 Å². The number of ether oxygens (including phenoxy) is 1. The van der Waals surface area contributed by atoms with E-state index < -0.39 is 18.2 Å². The van der Waals surface area contributed by atoms with Crippen molar-refractivity contribution in [3.8, 4) is 22.6 Å². The number of aromatic nitrogens is 5. The van der Waals surface area contributed by atoms with Gasteiger partial charge >= 0.3 is 0 Å². The number of fused-ring (bicyclic) bond motifs is 1. The molecule has 0 amide bonds. The molecule has 2 atom stereocenters. The Labute approximate surface area is 228 Å². The van der Waals surface area contributed by atoms with Crippen LogP contribution < -0.4 is 15.6 Å². The molecule has 0 radical (unpaired) electrons. The summed E-state index contributed by atoms with van der Waals surface area (Å²) < 4.78 is 22.3. The number of nitrogens with one attached hydrogen (secondary N) is 1. The molecule has 0 bridgehead atoms. The predicted octanol–water partition coefficient (Wildman–Crippen LogP) is 5.22. The minimum absolute atomic E-state index is 0.350. The summed E-state index contributed by atoms with van der Waals surface area (Å²) in [7, 11) is 1.49. The predicted molar refractivity (Wildman–Crippen MR) is 148 cm³/mol. The van der Waals surface area contributed by atoms with Gasteiger partial charge in [0.2, 0.25) is 5.95 Å². The molecule has 3 aromatic heterocycles. The van der Waals surface area contributed by atoms with E-state index in [0.29, 0.717) is 51.6 Å². The number of halogens is 2. The third-order valence-electron chi connectivity index (χ3n) is 6.43. The monoisotopic (exact) mass is 548 g/mol. The van der Waals surface area contributed by atoms with Crippen molar-refractivity contribution in [1.82, 2.24) is 24.1 Å². The van der Waals surface area contributed by atoms with Gasteiger partial charge in [0.05, 0.1) is 42.3 Å². The van der Waals surface area contributed by atoms with Crippen LogP contribution in [0.1, 0.15) is 25.8 Å². The number of rotatable bonds is 9. The second kappa shape index (κ2) is 11.2. The molecule has 39 heavy (non-hydrogen) atoms. The summed E-state index contributed by atoms with van der Waals surface area (Å²) in [5.74, 6) is -0.256. The van der Waals surface area contributed by atoms with Gasteiger partial charge in [-0.05, 0) is 42.8 Å². The van der Waals surface area contributed by atoms with Gasteiger partial charge in [-0.25, -0.2) is 4.98 Å². The Hall–Kier alpha value is -4.28. The Morgan fingerprint density at radius 3 is 2.56 bits per heavy atom. The number of anilines is 1. The van der Waals surface area contributed by atoms with Crippen LogP contribution in [0, 0.1) is 5.95 Å². The lowest BCUT2D eigenvalue weighted by Crippen LogP contribution is -2.36. The van der Waals surface area contributed by atoms with E-state index in [1.165, 1.54) is 34.8 Å². The standard InChI is InChI=1S/C28H26ClFN6O3/c1-3-4-24(28(38)34-18-6-7-21-22(12-18)32-10-9-31-21)36-14-25(39-2)20(13-27(36)37)19-11-17(29)5-8-23(19)35-15-26(30)33-16-35/h5-16,24,28,34,38H,3-4H2,1-2H3. The van der Waals surface area contributed by atoms with E-state index in [2.05, 4.69) is 20.3 Å². The van der Waals surface area contributed by atoms with E-state index in [-0.39, 0.29) is 5.56 Å². The maximum Gasteiger partial charge on any atom is 0.251 e. The Morgan fingerprint density at radius 2 is 1.85 bits per heavy atom. The Balaban J connectivity index is 1.53. The molecular weight excluding hydrogens is 523 g/mol. The fraction of sp³-hybridized carbons (Fsp3) is 0.214. The van der Waals surface area contributed by atoms with E-state index in [4.69, 9.17) is 16.3 Å². The van der Waals surface area contributed by atoms with E-state index in [0.717, 1.165) is 5.52 Å². The molecule has 5 aromatic rings. The maximum atomic E-state index is 13.7. The van der Waals surface area contributed by atoms with Crippen molar-refractivity contribution in [3.63, 3.8) is 0 Å². The highest BCUT2D eigenvalue weighted by molar-refractivity contribution is 6.31. The summed E-state index contributed by atoms with van der Waals surface area (Å²) in [6.07, 6.45) is 7.51. The first-order valence-electron chi connectivity index (χ1n) is 12.3. The minimum atomic E-state index is -1.09. The molecule has 9 nitrogen and oxygen atoms in total. The van der Waals surface area contributed by atoms with Crippen molar-refractivity contribution in [1.29, 1.82) is 0 Å². The zero-order chi connectivity index (χ0) is 27.5. The molecule has 11 heteroatoms. The Kier molecular flexibility index (Phi) is 7.58. The maximum absolute atomic E-state index is 13.7. The molecule has 0 aliphatic rings. The van der Waals surface area contributed by atoms with E-state index in [1.807, 2.05) is 13.0 Å². The number of nitrogens with zero attached hydrogens (tertiary/aromatic N) is 5. The largest absolute Gasteiger partial charge is 0.495 e. The van der Waals surface area contributed by atoms with Gasteiger partial charge in [0.15, 0.2) is 0 Å². The smallest absolute Gasteiger partial charge is 0.251 e. The summed E-state index contributed by atoms with van der Waals surface area (Å²) >= 11 is 6.30. The first kappa shape index (κ1) is 26.3. The third kappa shape index (κ3) is 5.47. The summed E-state index contributed by atoms with van der Waals surface area (Å²) in [6, 6.07) is 11.3. The second-order valence-corrected chi connectivity index (χ2v) is 9.41. The van der Waals surface area contributed by atoms with Gasteiger partial charge < -0.3 is 24.3 Å². The molecule has 0 saturated carbocycles. The number of imidazole rings is 1. The first-order chi connectivity index (χ1) is 18.9. The van der Waals surface area contributed by atoms with E-state index >= 15 is 0 Å². The van der Waals surface area contributed by atoms with Gasteiger partial charge in [-0.2, -0.15) is 4.39 Å². The zero-order valence-corrected chi connectivity index (χ0v) is 22.0. The molecule has 0 aliphatic carbocycles.